The van der Waals surface area contributed by atoms with Crippen molar-refractivity contribution < 1.29 is 13.2 Å². The molecule has 1 amide bonds. The van der Waals surface area contributed by atoms with Gasteiger partial charge in [0.25, 0.3) is 5.91 Å². The first-order chi connectivity index (χ1) is 14.2. The Balaban J connectivity index is 1.91. The minimum atomic E-state index is -3.65. The topological polar surface area (TPSA) is 79.4 Å². The number of rotatable bonds is 8. The van der Waals surface area contributed by atoms with Crippen molar-refractivity contribution in [2.24, 2.45) is 0 Å². The first-order valence-corrected chi connectivity index (χ1v) is 12.3. The lowest BCUT2D eigenvalue weighted by molar-refractivity contribution is 0.0977. The molecule has 0 spiro atoms. The minimum Gasteiger partial charge on any atom is -0.341 e. The highest BCUT2D eigenvalue weighted by Gasteiger charge is 2.24. The SMILES string of the molecule is Cc1sc(N(Cc2ccccc2)C(C)Cc2ccccc2)nc1C(=O)NS(C)(=O)=O. The third kappa shape index (κ3) is 5.90. The predicted molar refractivity (Wildman–Crippen MR) is 121 cm³/mol. The molecule has 0 saturated carbocycles. The van der Waals surface area contributed by atoms with Crippen molar-refractivity contribution in [3.05, 3.63) is 82.4 Å². The summed E-state index contributed by atoms with van der Waals surface area (Å²) < 4.78 is 24.9. The molecule has 2 aromatic carbocycles. The standard InChI is InChI=1S/C22H25N3O3S2/c1-16(14-18-10-6-4-7-11-18)25(15-19-12-8-5-9-13-19)22-23-20(17(2)29-22)21(26)24-30(3,27)28/h4-13,16H,14-15H2,1-3H3,(H,24,26). The van der Waals surface area contributed by atoms with Gasteiger partial charge in [0.15, 0.2) is 5.13 Å². The van der Waals surface area contributed by atoms with Crippen LogP contribution in [0.2, 0.25) is 0 Å². The normalized spacial score (nSPS) is 12.4. The van der Waals surface area contributed by atoms with Gasteiger partial charge >= 0.3 is 0 Å². The summed E-state index contributed by atoms with van der Waals surface area (Å²) in [4.78, 5) is 19.7. The summed E-state index contributed by atoms with van der Waals surface area (Å²) in [5.74, 6) is -0.701. The number of anilines is 1. The Morgan fingerprint density at radius 1 is 1.07 bits per heavy atom. The van der Waals surface area contributed by atoms with E-state index in [0.717, 1.165) is 18.2 Å². The van der Waals surface area contributed by atoms with Gasteiger partial charge in [-0.2, -0.15) is 0 Å². The number of hydrogen-bond donors (Lipinski definition) is 1. The first kappa shape index (κ1) is 22.0. The zero-order chi connectivity index (χ0) is 21.7. The lowest BCUT2D eigenvalue weighted by Gasteiger charge is -2.29. The largest absolute Gasteiger partial charge is 0.341 e. The van der Waals surface area contributed by atoms with Gasteiger partial charge in [-0.3, -0.25) is 4.79 Å². The maximum Gasteiger partial charge on any atom is 0.284 e. The number of aryl methyl sites for hydroxylation is 1. The molecule has 3 aromatic rings. The zero-order valence-corrected chi connectivity index (χ0v) is 18.8. The van der Waals surface area contributed by atoms with Gasteiger partial charge in [-0.05, 0) is 31.4 Å². The number of benzene rings is 2. The Kier molecular flexibility index (Phi) is 6.89. The van der Waals surface area contributed by atoms with Crippen LogP contribution >= 0.6 is 11.3 Å². The van der Waals surface area contributed by atoms with Crippen molar-refractivity contribution in [3.8, 4) is 0 Å². The monoisotopic (exact) mass is 443 g/mol. The van der Waals surface area contributed by atoms with Crippen LogP contribution < -0.4 is 9.62 Å². The van der Waals surface area contributed by atoms with E-state index in [1.807, 2.05) is 41.1 Å². The molecule has 1 atom stereocenters. The number of amides is 1. The average Bonchev–Trinajstić information content (AvgIpc) is 3.08. The Labute approximate surface area is 181 Å². The van der Waals surface area contributed by atoms with E-state index in [-0.39, 0.29) is 11.7 Å². The molecule has 30 heavy (non-hydrogen) atoms. The van der Waals surface area contributed by atoms with E-state index in [9.17, 15) is 13.2 Å². The van der Waals surface area contributed by atoms with Crippen LogP contribution in [-0.2, 0) is 23.0 Å². The number of nitrogens with zero attached hydrogens (tertiary/aromatic N) is 2. The van der Waals surface area contributed by atoms with Crippen molar-refractivity contribution in [2.45, 2.75) is 32.9 Å². The molecule has 0 saturated heterocycles. The van der Waals surface area contributed by atoms with Crippen LogP contribution in [0.5, 0.6) is 0 Å². The minimum absolute atomic E-state index is 0.115. The second kappa shape index (κ2) is 9.40. The van der Waals surface area contributed by atoms with Crippen LogP contribution in [0.3, 0.4) is 0 Å². The molecule has 158 valence electrons. The Morgan fingerprint density at radius 2 is 1.63 bits per heavy atom. The van der Waals surface area contributed by atoms with E-state index in [1.165, 1.54) is 16.9 Å². The number of sulfonamides is 1. The molecule has 1 heterocycles. The molecular weight excluding hydrogens is 418 g/mol. The fourth-order valence-corrected chi connectivity index (χ4v) is 4.63. The molecule has 1 unspecified atom stereocenters. The number of carbonyl (C=O) groups is 1. The summed E-state index contributed by atoms with van der Waals surface area (Å²) in [6, 6.07) is 20.4. The molecule has 1 N–H and O–H groups in total. The zero-order valence-electron chi connectivity index (χ0n) is 17.2. The number of hydrogen-bond acceptors (Lipinski definition) is 6. The average molecular weight is 444 g/mol. The maximum absolute atomic E-state index is 12.4. The molecule has 0 bridgehead atoms. The lowest BCUT2D eigenvalue weighted by Crippen LogP contribution is -2.34. The van der Waals surface area contributed by atoms with Crippen LogP contribution in [0.1, 0.15) is 33.4 Å². The van der Waals surface area contributed by atoms with Crippen molar-refractivity contribution in [2.75, 3.05) is 11.2 Å². The highest BCUT2D eigenvalue weighted by Crippen LogP contribution is 2.29. The lowest BCUT2D eigenvalue weighted by atomic mass is 10.1. The molecule has 0 fully saturated rings. The van der Waals surface area contributed by atoms with Gasteiger partial charge in [0.2, 0.25) is 10.0 Å². The van der Waals surface area contributed by atoms with E-state index >= 15 is 0 Å². The molecule has 0 aliphatic carbocycles. The summed E-state index contributed by atoms with van der Waals surface area (Å²) in [6.45, 7) is 4.54. The highest BCUT2D eigenvalue weighted by molar-refractivity contribution is 7.89. The Hall–Kier alpha value is -2.71. The van der Waals surface area contributed by atoms with E-state index in [4.69, 9.17) is 0 Å². The third-order valence-electron chi connectivity index (χ3n) is 4.63. The second-order valence-corrected chi connectivity index (χ2v) is 10.2. The van der Waals surface area contributed by atoms with Crippen molar-refractivity contribution in [1.82, 2.24) is 9.71 Å². The first-order valence-electron chi connectivity index (χ1n) is 9.57. The van der Waals surface area contributed by atoms with Crippen LogP contribution in [0.25, 0.3) is 0 Å². The van der Waals surface area contributed by atoms with Gasteiger partial charge < -0.3 is 4.90 Å². The van der Waals surface area contributed by atoms with Crippen molar-refractivity contribution >= 4 is 32.4 Å². The Bertz CT molecular complexity index is 1100. The maximum atomic E-state index is 12.4. The predicted octanol–water partition coefficient (Wildman–Crippen LogP) is 3.78. The second-order valence-electron chi connectivity index (χ2n) is 7.26. The van der Waals surface area contributed by atoms with E-state index in [1.54, 1.807) is 6.92 Å². The molecular formula is C22H25N3O3S2. The number of nitrogens with one attached hydrogen (secondary N) is 1. The van der Waals surface area contributed by atoms with Crippen LogP contribution in [0.4, 0.5) is 5.13 Å². The summed E-state index contributed by atoms with van der Waals surface area (Å²) in [7, 11) is -3.65. The van der Waals surface area contributed by atoms with Crippen LogP contribution in [-0.4, -0.2) is 31.6 Å². The van der Waals surface area contributed by atoms with Gasteiger partial charge in [-0.15, -0.1) is 11.3 Å². The molecule has 3 rings (SSSR count). The third-order valence-corrected chi connectivity index (χ3v) is 6.19. The molecule has 0 aliphatic heterocycles. The van der Waals surface area contributed by atoms with E-state index < -0.39 is 15.9 Å². The molecule has 6 nitrogen and oxygen atoms in total. The summed E-state index contributed by atoms with van der Waals surface area (Å²) in [5, 5.41) is 0.693. The van der Waals surface area contributed by atoms with Crippen molar-refractivity contribution in [1.29, 1.82) is 0 Å². The van der Waals surface area contributed by atoms with Crippen LogP contribution in [0.15, 0.2) is 60.7 Å². The summed E-state index contributed by atoms with van der Waals surface area (Å²) in [5.41, 5.74) is 2.49. The number of carbonyl (C=O) groups excluding carboxylic acids is 1. The van der Waals surface area contributed by atoms with Gasteiger partial charge in [0.1, 0.15) is 5.69 Å². The fraction of sp³-hybridized carbons (Fsp3) is 0.273. The Morgan fingerprint density at radius 3 is 2.20 bits per heavy atom. The van der Waals surface area contributed by atoms with Gasteiger partial charge in [0, 0.05) is 17.5 Å². The van der Waals surface area contributed by atoms with E-state index in [0.29, 0.717) is 16.6 Å². The molecule has 0 radical (unpaired) electrons. The van der Waals surface area contributed by atoms with Gasteiger partial charge in [-0.1, -0.05) is 60.7 Å². The molecule has 8 heteroatoms. The van der Waals surface area contributed by atoms with Crippen molar-refractivity contribution in [3.63, 3.8) is 0 Å². The highest BCUT2D eigenvalue weighted by atomic mass is 32.2. The summed E-state index contributed by atoms with van der Waals surface area (Å²) >= 11 is 1.39. The van der Waals surface area contributed by atoms with Crippen LogP contribution in [0, 0.1) is 6.92 Å². The van der Waals surface area contributed by atoms with Gasteiger partial charge in [-0.25, -0.2) is 18.1 Å². The summed E-state index contributed by atoms with van der Waals surface area (Å²) in [6.07, 6.45) is 1.77. The van der Waals surface area contributed by atoms with E-state index in [2.05, 4.69) is 41.1 Å². The molecule has 1 aromatic heterocycles. The van der Waals surface area contributed by atoms with Gasteiger partial charge in [0.05, 0.1) is 6.26 Å². The number of aromatic nitrogens is 1. The number of thiazole rings is 1. The quantitative estimate of drug-likeness (QED) is 0.573. The fourth-order valence-electron chi connectivity index (χ4n) is 3.19. The molecule has 0 aliphatic rings. The smallest absolute Gasteiger partial charge is 0.284 e.